The Hall–Kier alpha value is -3.65. The zero-order valence-corrected chi connectivity index (χ0v) is 20.8. The number of nitrogens with zero attached hydrogens (tertiary/aromatic N) is 2. The Kier molecular flexibility index (Phi) is 4.32. The van der Waals surface area contributed by atoms with E-state index in [0.717, 1.165) is 0 Å². The van der Waals surface area contributed by atoms with Crippen LogP contribution in [0.15, 0.2) is 103 Å². The molecule has 34 heavy (non-hydrogen) atoms. The Morgan fingerprint density at radius 1 is 0.647 bits per heavy atom. The summed E-state index contributed by atoms with van der Waals surface area (Å²) in [5.41, 5.74) is 7.72. The van der Waals surface area contributed by atoms with E-state index in [1.165, 1.54) is 63.7 Å². The second-order valence-electron chi connectivity index (χ2n) is 8.91. The monoisotopic (exact) mass is 503 g/mol. The SMILES string of the molecule is Cc1c(-c2cc(-n3c4ccccc4c4ccccc43)c3ccccc3[n+]2C)[se]c2ccccc12. The zero-order chi connectivity index (χ0) is 22.8. The summed E-state index contributed by atoms with van der Waals surface area (Å²) in [5, 5.41) is 5.26. The van der Waals surface area contributed by atoms with Crippen molar-refractivity contribution >= 4 is 56.9 Å². The van der Waals surface area contributed by atoms with Gasteiger partial charge in [-0.2, -0.15) is 0 Å². The molecule has 2 nitrogen and oxygen atoms in total. The molecule has 3 heterocycles. The van der Waals surface area contributed by atoms with Crippen LogP contribution in [0.4, 0.5) is 0 Å². The molecule has 162 valence electrons. The van der Waals surface area contributed by atoms with Gasteiger partial charge in [-0.1, -0.05) is 0 Å². The summed E-state index contributed by atoms with van der Waals surface area (Å²) in [6, 6.07) is 37.7. The van der Waals surface area contributed by atoms with Gasteiger partial charge >= 0.3 is 204 Å². The molecule has 3 heteroatoms. The van der Waals surface area contributed by atoms with Crippen LogP contribution >= 0.6 is 0 Å². The molecule has 0 spiro atoms. The number of pyridine rings is 1. The van der Waals surface area contributed by atoms with Crippen LogP contribution in [-0.2, 0) is 7.05 Å². The number of aryl methyl sites for hydroxylation is 2. The van der Waals surface area contributed by atoms with Crippen LogP contribution < -0.4 is 4.57 Å². The van der Waals surface area contributed by atoms with E-state index in [-0.39, 0.29) is 0 Å². The van der Waals surface area contributed by atoms with Gasteiger partial charge in [-0.3, -0.25) is 0 Å². The number of benzene rings is 4. The van der Waals surface area contributed by atoms with Gasteiger partial charge in [0.05, 0.1) is 0 Å². The van der Waals surface area contributed by atoms with Crippen molar-refractivity contribution in [3.05, 3.63) is 109 Å². The summed E-state index contributed by atoms with van der Waals surface area (Å²) in [7, 11) is 2.21. The average Bonchev–Trinajstić information content (AvgIpc) is 3.40. The Morgan fingerprint density at radius 3 is 1.88 bits per heavy atom. The summed E-state index contributed by atoms with van der Waals surface area (Å²) in [6.45, 7) is 2.29. The zero-order valence-electron chi connectivity index (χ0n) is 19.1. The molecule has 0 atom stereocenters. The third kappa shape index (κ3) is 2.72. The summed E-state index contributed by atoms with van der Waals surface area (Å²) in [6.07, 6.45) is 0. The predicted octanol–water partition coefficient (Wildman–Crippen LogP) is 6.95. The van der Waals surface area contributed by atoms with Gasteiger partial charge in [0, 0.05) is 0 Å². The van der Waals surface area contributed by atoms with Gasteiger partial charge in [-0.25, -0.2) is 0 Å². The molecule has 0 fully saturated rings. The van der Waals surface area contributed by atoms with Gasteiger partial charge in [0.15, 0.2) is 0 Å². The Bertz CT molecular complexity index is 1830. The molecule has 0 amide bonds. The van der Waals surface area contributed by atoms with E-state index < -0.39 is 0 Å². The topological polar surface area (TPSA) is 8.81 Å². The Morgan fingerprint density at radius 2 is 1.21 bits per heavy atom. The van der Waals surface area contributed by atoms with Gasteiger partial charge < -0.3 is 0 Å². The quantitative estimate of drug-likeness (QED) is 0.179. The first-order valence-electron chi connectivity index (χ1n) is 11.6. The maximum atomic E-state index is 2.46. The van der Waals surface area contributed by atoms with Crippen molar-refractivity contribution in [2.75, 3.05) is 0 Å². The van der Waals surface area contributed by atoms with E-state index in [4.69, 9.17) is 0 Å². The molecule has 0 aliphatic heterocycles. The summed E-state index contributed by atoms with van der Waals surface area (Å²) >= 11 is 0.291. The van der Waals surface area contributed by atoms with Crippen molar-refractivity contribution in [3.63, 3.8) is 0 Å². The number of rotatable bonds is 2. The molecule has 0 saturated heterocycles. The summed E-state index contributed by atoms with van der Waals surface area (Å²) in [5.74, 6) is 0. The number of aromatic nitrogens is 2. The molecule has 0 radical (unpaired) electrons. The molecule has 4 aromatic carbocycles. The van der Waals surface area contributed by atoms with Crippen molar-refractivity contribution in [3.8, 4) is 15.8 Å². The van der Waals surface area contributed by atoms with Crippen molar-refractivity contribution in [1.82, 2.24) is 4.57 Å². The van der Waals surface area contributed by atoms with E-state index in [2.05, 4.69) is 126 Å². The first-order valence-corrected chi connectivity index (χ1v) is 13.3. The van der Waals surface area contributed by atoms with Crippen molar-refractivity contribution < 1.29 is 4.57 Å². The molecule has 0 saturated carbocycles. The van der Waals surface area contributed by atoms with Crippen LogP contribution in [0.2, 0.25) is 0 Å². The first-order chi connectivity index (χ1) is 16.7. The fourth-order valence-electron chi connectivity index (χ4n) is 5.42. The summed E-state index contributed by atoms with van der Waals surface area (Å²) < 4.78 is 7.80. The van der Waals surface area contributed by atoms with Crippen LogP contribution in [0.5, 0.6) is 0 Å². The van der Waals surface area contributed by atoms with Gasteiger partial charge in [0.2, 0.25) is 0 Å². The van der Waals surface area contributed by atoms with Crippen molar-refractivity contribution in [1.29, 1.82) is 0 Å². The van der Waals surface area contributed by atoms with Crippen LogP contribution in [0, 0.1) is 6.92 Å². The van der Waals surface area contributed by atoms with Gasteiger partial charge in [0.1, 0.15) is 0 Å². The van der Waals surface area contributed by atoms with E-state index in [1.807, 2.05) is 0 Å². The molecular formula is C31H23N2Se+. The predicted molar refractivity (Wildman–Crippen MR) is 144 cm³/mol. The van der Waals surface area contributed by atoms with E-state index >= 15 is 0 Å². The fourth-order valence-corrected chi connectivity index (χ4v) is 8.07. The number of hydrogen-bond donors (Lipinski definition) is 0. The van der Waals surface area contributed by atoms with Crippen molar-refractivity contribution in [2.24, 2.45) is 7.05 Å². The third-order valence-electron chi connectivity index (χ3n) is 7.07. The Labute approximate surface area is 204 Å². The maximum absolute atomic E-state index is 2.46. The average molecular weight is 502 g/mol. The van der Waals surface area contributed by atoms with Crippen LogP contribution in [0.1, 0.15) is 5.56 Å². The minimum absolute atomic E-state index is 0.291. The molecule has 0 N–H and O–H groups in total. The van der Waals surface area contributed by atoms with E-state index in [9.17, 15) is 0 Å². The van der Waals surface area contributed by atoms with E-state index in [0.29, 0.717) is 14.5 Å². The normalized spacial score (nSPS) is 11.8. The van der Waals surface area contributed by atoms with Gasteiger partial charge in [-0.15, -0.1) is 0 Å². The second kappa shape index (κ2) is 7.43. The molecule has 0 bridgehead atoms. The third-order valence-corrected chi connectivity index (χ3v) is 9.79. The molecule has 3 aromatic heterocycles. The van der Waals surface area contributed by atoms with E-state index in [1.54, 1.807) is 0 Å². The Balaban J connectivity index is 1.65. The first kappa shape index (κ1) is 19.8. The molecule has 7 aromatic rings. The number of fused-ring (bicyclic) bond motifs is 5. The van der Waals surface area contributed by atoms with Gasteiger partial charge in [0.25, 0.3) is 0 Å². The number of hydrogen-bond acceptors (Lipinski definition) is 0. The minimum atomic E-state index is 0.291. The van der Waals surface area contributed by atoms with Gasteiger partial charge in [-0.05, 0) is 0 Å². The molecule has 7 rings (SSSR count). The van der Waals surface area contributed by atoms with Crippen LogP contribution in [0.25, 0.3) is 58.2 Å². The number of para-hydroxylation sites is 3. The summed E-state index contributed by atoms with van der Waals surface area (Å²) in [4.78, 5) is 0. The fraction of sp³-hybridized carbons (Fsp3) is 0.0645. The van der Waals surface area contributed by atoms with Crippen molar-refractivity contribution in [2.45, 2.75) is 6.92 Å². The standard InChI is InChI=1S/C31H23N2Se/c1-20-21-11-6-10-18-30(21)34-31(20)29-19-28(24-14-5-7-15-25(24)32(29)2)33-26-16-8-3-12-22(26)23-13-4-9-17-27(23)33/h3-19H,1-2H3/q+1. The molecule has 0 aliphatic rings. The second-order valence-corrected chi connectivity index (χ2v) is 11.1. The molecule has 0 aliphatic carbocycles. The van der Waals surface area contributed by atoms with Crippen LogP contribution in [0.3, 0.4) is 0 Å². The molecular weight excluding hydrogens is 479 g/mol. The van der Waals surface area contributed by atoms with Crippen LogP contribution in [-0.4, -0.2) is 19.1 Å². The molecule has 0 unspecified atom stereocenters.